The van der Waals surface area contributed by atoms with Crippen molar-refractivity contribution in [3.63, 3.8) is 0 Å². The Hall–Kier alpha value is -2.93. The molecule has 4 rings (SSSR count). The monoisotopic (exact) mass is 437 g/mol. The highest BCUT2D eigenvalue weighted by atomic mass is 16.3. The Morgan fingerprint density at radius 3 is 2.69 bits per heavy atom. The minimum Gasteiger partial charge on any atom is -0.396 e. The van der Waals surface area contributed by atoms with E-state index in [-0.39, 0.29) is 41.5 Å². The molecular weight excluding hydrogens is 406 g/mol. The molecule has 0 saturated heterocycles. The summed E-state index contributed by atoms with van der Waals surface area (Å²) in [5.74, 6) is -0.339. The van der Waals surface area contributed by atoms with Crippen molar-refractivity contribution in [2.75, 3.05) is 13.2 Å². The number of amides is 2. The van der Waals surface area contributed by atoms with Crippen LogP contribution in [-0.2, 0) is 30.7 Å². The topological polar surface area (TPSA) is 91.6 Å². The molecule has 170 valence electrons. The van der Waals surface area contributed by atoms with Crippen LogP contribution in [0.25, 0.3) is 0 Å². The predicted molar refractivity (Wildman–Crippen MR) is 121 cm³/mol. The van der Waals surface area contributed by atoms with Crippen molar-refractivity contribution in [2.24, 2.45) is 5.92 Å². The fourth-order valence-electron chi connectivity index (χ4n) is 4.96. The molecule has 2 amide bonds. The molecule has 1 aromatic carbocycles. The zero-order valence-electron chi connectivity index (χ0n) is 18.5. The number of fused-ring (bicyclic) bond motifs is 1. The highest BCUT2D eigenvalue weighted by Gasteiger charge is 2.32. The molecule has 1 fully saturated rings. The molecular formula is C25H31N3O4. The van der Waals surface area contributed by atoms with E-state index in [4.69, 9.17) is 0 Å². The number of aromatic nitrogens is 1. The van der Waals surface area contributed by atoms with E-state index >= 15 is 0 Å². The number of benzene rings is 1. The van der Waals surface area contributed by atoms with Crippen LogP contribution in [0.5, 0.6) is 0 Å². The molecule has 0 unspecified atom stereocenters. The molecule has 2 heterocycles. The van der Waals surface area contributed by atoms with Crippen LogP contribution in [0.4, 0.5) is 0 Å². The fourth-order valence-corrected chi connectivity index (χ4v) is 4.96. The molecule has 1 saturated carbocycles. The standard InChI is InChI=1S/C25H31N3O4/c1-17(30)27-13-11-21-20(14-27)15-28(12-10-18-6-3-2-4-7-18)25(32)23(21)24(31)26-22-9-5-8-19(22)16-29/h2-4,6-7,15,19,22,29H,5,8-14,16H2,1H3,(H,26,31)/t19-,22-/m0/s1. The van der Waals surface area contributed by atoms with E-state index in [1.807, 2.05) is 36.5 Å². The van der Waals surface area contributed by atoms with Gasteiger partial charge in [-0.25, -0.2) is 0 Å². The molecule has 0 spiro atoms. The van der Waals surface area contributed by atoms with E-state index in [1.165, 1.54) is 0 Å². The van der Waals surface area contributed by atoms with Gasteiger partial charge in [0, 0.05) is 51.3 Å². The molecule has 7 nitrogen and oxygen atoms in total. The van der Waals surface area contributed by atoms with Crippen molar-refractivity contribution in [3.05, 3.63) is 69.1 Å². The normalized spacial score (nSPS) is 20.1. The number of hydrogen-bond acceptors (Lipinski definition) is 4. The fraction of sp³-hybridized carbons (Fsp3) is 0.480. The maximum atomic E-state index is 13.4. The van der Waals surface area contributed by atoms with E-state index in [0.29, 0.717) is 32.5 Å². The van der Waals surface area contributed by atoms with E-state index in [9.17, 15) is 19.5 Å². The van der Waals surface area contributed by atoms with Crippen LogP contribution in [-0.4, -0.2) is 45.6 Å². The first-order valence-electron chi connectivity index (χ1n) is 11.4. The van der Waals surface area contributed by atoms with E-state index in [2.05, 4.69) is 5.32 Å². The van der Waals surface area contributed by atoms with Crippen molar-refractivity contribution in [1.82, 2.24) is 14.8 Å². The van der Waals surface area contributed by atoms with Crippen LogP contribution >= 0.6 is 0 Å². The number of pyridine rings is 1. The second-order valence-corrected chi connectivity index (χ2v) is 8.89. The van der Waals surface area contributed by atoms with Crippen molar-refractivity contribution in [3.8, 4) is 0 Å². The van der Waals surface area contributed by atoms with Gasteiger partial charge in [0.2, 0.25) is 5.91 Å². The summed E-state index contributed by atoms with van der Waals surface area (Å²) in [6.45, 7) is 2.93. The molecule has 2 atom stereocenters. The summed E-state index contributed by atoms with van der Waals surface area (Å²) < 4.78 is 1.61. The number of aryl methyl sites for hydroxylation is 2. The van der Waals surface area contributed by atoms with Crippen LogP contribution in [0.15, 0.2) is 41.3 Å². The van der Waals surface area contributed by atoms with Gasteiger partial charge in [-0.15, -0.1) is 0 Å². The number of hydrogen-bond donors (Lipinski definition) is 2. The quantitative estimate of drug-likeness (QED) is 0.722. The summed E-state index contributed by atoms with van der Waals surface area (Å²) in [6.07, 6.45) is 5.62. The molecule has 32 heavy (non-hydrogen) atoms. The van der Waals surface area contributed by atoms with Crippen LogP contribution in [0.1, 0.15) is 53.2 Å². The highest BCUT2D eigenvalue weighted by molar-refractivity contribution is 5.96. The average Bonchev–Trinajstić information content (AvgIpc) is 3.24. The first-order chi connectivity index (χ1) is 15.5. The predicted octanol–water partition coefficient (Wildman–Crippen LogP) is 1.89. The molecule has 0 bridgehead atoms. The molecule has 2 aromatic rings. The van der Waals surface area contributed by atoms with E-state index in [0.717, 1.165) is 36.0 Å². The van der Waals surface area contributed by atoms with Gasteiger partial charge in [-0.3, -0.25) is 14.4 Å². The van der Waals surface area contributed by atoms with Crippen LogP contribution in [0, 0.1) is 5.92 Å². The van der Waals surface area contributed by atoms with Crippen molar-refractivity contribution in [1.29, 1.82) is 0 Å². The second kappa shape index (κ2) is 9.69. The van der Waals surface area contributed by atoms with Crippen molar-refractivity contribution < 1.29 is 14.7 Å². The first kappa shape index (κ1) is 22.3. The maximum Gasteiger partial charge on any atom is 0.263 e. The third kappa shape index (κ3) is 4.63. The minimum absolute atomic E-state index is 0.0135. The van der Waals surface area contributed by atoms with Gasteiger partial charge in [-0.2, -0.15) is 0 Å². The molecule has 1 aliphatic heterocycles. The Morgan fingerprint density at radius 1 is 1.19 bits per heavy atom. The SMILES string of the molecule is CC(=O)N1CCc2c(cn(CCc3ccccc3)c(=O)c2C(=O)N[C@H]2CCC[C@H]2CO)C1. The lowest BCUT2D eigenvalue weighted by Gasteiger charge is -2.30. The number of aliphatic hydroxyl groups excluding tert-OH is 1. The van der Waals surface area contributed by atoms with Gasteiger partial charge in [0.15, 0.2) is 0 Å². The number of rotatable bonds is 6. The second-order valence-electron chi connectivity index (χ2n) is 8.89. The summed E-state index contributed by atoms with van der Waals surface area (Å²) in [7, 11) is 0. The van der Waals surface area contributed by atoms with Gasteiger partial charge in [-0.05, 0) is 42.4 Å². The zero-order valence-corrected chi connectivity index (χ0v) is 18.5. The Kier molecular flexibility index (Phi) is 6.74. The molecule has 2 N–H and O–H groups in total. The number of carbonyl (C=O) groups is 2. The summed E-state index contributed by atoms with van der Waals surface area (Å²) >= 11 is 0. The Balaban J connectivity index is 1.67. The third-order valence-electron chi connectivity index (χ3n) is 6.84. The Labute approximate surface area is 188 Å². The molecule has 1 aliphatic carbocycles. The van der Waals surface area contributed by atoms with Gasteiger partial charge in [-0.1, -0.05) is 36.8 Å². The summed E-state index contributed by atoms with van der Waals surface area (Å²) in [5, 5.41) is 12.6. The van der Waals surface area contributed by atoms with Crippen molar-refractivity contribution >= 4 is 11.8 Å². The smallest absolute Gasteiger partial charge is 0.263 e. The lowest BCUT2D eigenvalue weighted by Crippen LogP contribution is -2.44. The van der Waals surface area contributed by atoms with Crippen LogP contribution in [0.3, 0.4) is 0 Å². The largest absolute Gasteiger partial charge is 0.396 e. The van der Waals surface area contributed by atoms with E-state index < -0.39 is 0 Å². The van der Waals surface area contributed by atoms with Crippen LogP contribution < -0.4 is 10.9 Å². The third-order valence-corrected chi connectivity index (χ3v) is 6.84. The summed E-state index contributed by atoms with van der Waals surface area (Å²) in [4.78, 5) is 40.4. The van der Waals surface area contributed by atoms with Gasteiger partial charge in [0.1, 0.15) is 5.56 Å². The first-order valence-corrected chi connectivity index (χ1v) is 11.4. The van der Waals surface area contributed by atoms with Crippen LogP contribution in [0.2, 0.25) is 0 Å². The number of aliphatic hydroxyl groups is 1. The molecule has 1 aromatic heterocycles. The van der Waals surface area contributed by atoms with Gasteiger partial charge in [0.05, 0.1) is 0 Å². The Morgan fingerprint density at radius 2 is 1.97 bits per heavy atom. The number of nitrogens with one attached hydrogen (secondary N) is 1. The van der Waals surface area contributed by atoms with Gasteiger partial charge < -0.3 is 19.9 Å². The van der Waals surface area contributed by atoms with E-state index in [1.54, 1.807) is 16.4 Å². The molecule has 2 aliphatic rings. The minimum atomic E-state index is -0.359. The summed E-state index contributed by atoms with van der Waals surface area (Å²) in [5.41, 5.74) is 2.63. The lowest BCUT2D eigenvalue weighted by atomic mass is 9.95. The summed E-state index contributed by atoms with van der Waals surface area (Å²) in [6, 6.07) is 9.81. The van der Waals surface area contributed by atoms with Gasteiger partial charge >= 0.3 is 0 Å². The zero-order chi connectivity index (χ0) is 22.7. The van der Waals surface area contributed by atoms with Gasteiger partial charge in [0.25, 0.3) is 11.5 Å². The molecule has 0 radical (unpaired) electrons. The lowest BCUT2D eigenvalue weighted by molar-refractivity contribution is -0.129. The van der Waals surface area contributed by atoms with Crippen molar-refractivity contribution in [2.45, 2.75) is 58.2 Å². The Bertz CT molecular complexity index is 1050. The maximum absolute atomic E-state index is 13.4. The highest BCUT2D eigenvalue weighted by Crippen LogP contribution is 2.26. The number of carbonyl (C=O) groups excluding carboxylic acids is 2. The average molecular weight is 438 g/mol. The number of nitrogens with zero attached hydrogens (tertiary/aromatic N) is 2. The molecule has 7 heteroatoms.